The van der Waals surface area contributed by atoms with E-state index in [1.165, 1.54) is 6.07 Å². The maximum atomic E-state index is 12.4. The second kappa shape index (κ2) is 8.31. The van der Waals surface area contributed by atoms with E-state index in [0.29, 0.717) is 28.8 Å². The van der Waals surface area contributed by atoms with Gasteiger partial charge in [-0.05, 0) is 42.8 Å². The van der Waals surface area contributed by atoms with Gasteiger partial charge in [0.2, 0.25) is 0 Å². The summed E-state index contributed by atoms with van der Waals surface area (Å²) in [5, 5.41) is 3.29. The molecule has 0 spiro atoms. The molecule has 1 heterocycles. The van der Waals surface area contributed by atoms with Crippen molar-refractivity contribution in [1.82, 2.24) is 0 Å². The van der Waals surface area contributed by atoms with Gasteiger partial charge in [0.1, 0.15) is 11.1 Å². The first-order valence-corrected chi connectivity index (χ1v) is 8.70. The van der Waals surface area contributed by atoms with Crippen molar-refractivity contribution in [2.75, 3.05) is 11.9 Å². The van der Waals surface area contributed by atoms with Gasteiger partial charge in [0.05, 0.1) is 12.2 Å². The minimum absolute atomic E-state index is 0.0863. The summed E-state index contributed by atoms with van der Waals surface area (Å²) in [4.78, 5) is 36.3. The predicted octanol–water partition coefficient (Wildman–Crippen LogP) is 4.00. The average Bonchev–Trinajstić information content (AvgIpc) is 2.68. The fraction of sp³-hybridized carbons (Fsp3) is 0.190. The first-order chi connectivity index (χ1) is 13.1. The van der Waals surface area contributed by atoms with Crippen LogP contribution in [0.3, 0.4) is 0 Å². The molecule has 2 aromatic carbocycles. The standard InChI is InChI=1S/C21H19NO5/c1-2-3-12-26-20(24)14-8-10-16(11-9-14)22-19(23)17-13-15-6-4-5-7-18(15)27-21(17)25/h4-11,13H,2-3,12H2,1H3,(H,22,23). The van der Waals surface area contributed by atoms with Crippen LogP contribution in [0, 0.1) is 0 Å². The number of nitrogens with one attached hydrogen (secondary N) is 1. The second-order valence-electron chi connectivity index (χ2n) is 6.01. The number of benzene rings is 2. The fourth-order valence-corrected chi connectivity index (χ4v) is 2.50. The van der Waals surface area contributed by atoms with Gasteiger partial charge < -0.3 is 14.5 Å². The van der Waals surface area contributed by atoms with Gasteiger partial charge in [0, 0.05) is 11.1 Å². The number of amides is 1. The highest BCUT2D eigenvalue weighted by molar-refractivity contribution is 6.05. The Morgan fingerprint density at radius 2 is 1.81 bits per heavy atom. The van der Waals surface area contributed by atoms with Crippen molar-refractivity contribution >= 4 is 28.5 Å². The molecule has 3 aromatic rings. The molecule has 6 heteroatoms. The molecule has 0 aliphatic rings. The molecule has 0 saturated heterocycles. The van der Waals surface area contributed by atoms with Gasteiger partial charge >= 0.3 is 11.6 Å². The van der Waals surface area contributed by atoms with Crippen LogP contribution < -0.4 is 10.9 Å². The monoisotopic (exact) mass is 365 g/mol. The Morgan fingerprint density at radius 1 is 1.07 bits per heavy atom. The Morgan fingerprint density at radius 3 is 2.56 bits per heavy atom. The Kier molecular flexibility index (Phi) is 5.66. The highest BCUT2D eigenvalue weighted by atomic mass is 16.5. The van der Waals surface area contributed by atoms with Crippen LogP contribution in [0.2, 0.25) is 0 Å². The summed E-state index contributed by atoms with van der Waals surface area (Å²) in [6.45, 7) is 2.40. The molecular formula is C21H19NO5. The molecule has 1 amide bonds. The molecule has 0 saturated carbocycles. The zero-order chi connectivity index (χ0) is 19.2. The third-order valence-corrected chi connectivity index (χ3v) is 4.00. The van der Waals surface area contributed by atoms with E-state index in [-0.39, 0.29) is 5.56 Å². The highest BCUT2D eigenvalue weighted by Gasteiger charge is 2.14. The Labute approximate surface area is 155 Å². The van der Waals surface area contributed by atoms with Gasteiger partial charge in [-0.15, -0.1) is 0 Å². The van der Waals surface area contributed by atoms with Crippen LogP contribution in [-0.4, -0.2) is 18.5 Å². The van der Waals surface area contributed by atoms with Crippen LogP contribution in [-0.2, 0) is 4.74 Å². The second-order valence-corrected chi connectivity index (χ2v) is 6.01. The van der Waals surface area contributed by atoms with E-state index in [4.69, 9.17) is 9.15 Å². The molecule has 138 valence electrons. The number of hydrogen-bond acceptors (Lipinski definition) is 5. The van der Waals surface area contributed by atoms with E-state index in [2.05, 4.69) is 5.32 Å². The van der Waals surface area contributed by atoms with Gasteiger partial charge in [-0.25, -0.2) is 9.59 Å². The number of para-hydroxylation sites is 1. The molecule has 27 heavy (non-hydrogen) atoms. The summed E-state index contributed by atoms with van der Waals surface area (Å²) in [5.74, 6) is -0.982. The molecule has 6 nitrogen and oxygen atoms in total. The van der Waals surface area contributed by atoms with E-state index in [1.54, 1.807) is 48.5 Å². The molecule has 0 aliphatic carbocycles. The molecule has 1 N–H and O–H groups in total. The number of hydrogen-bond donors (Lipinski definition) is 1. The highest BCUT2D eigenvalue weighted by Crippen LogP contribution is 2.15. The third-order valence-electron chi connectivity index (χ3n) is 4.00. The first-order valence-electron chi connectivity index (χ1n) is 8.70. The van der Waals surface area contributed by atoms with E-state index < -0.39 is 17.5 Å². The maximum absolute atomic E-state index is 12.4. The van der Waals surface area contributed by atoms with E-state index in [0.717, 1.165) is 12.8 Å². The molecule has 3 rings (SSSR count). The number of carbonyl (C=O) groups is 2. The molecule has 0 aliphatic heterocycles. The SMILES string of the molecule is CCCCOC(=O)c1ccc(NC(=O)c2cc3ccccc3oc2=O)cc1. The summed E-state index contributed by atoms with van der Waals surface area (Å²) in [7, 11) is 0. The van der Waals surface area contributed by atoms with E-state index >= 15 is 0 Å². The molecule has 0 unspecified atom stereocenters. The number of ether oxygens (including phenoxy) is 1. The van der Waals surface area contributed by atoms with Crippen LogP contribution in [0.25, 0.3) is 11.0 Å². The van der Waals surface area contributed by atoms with Crippen LogP contribution >= 0.6 is 0 Å². The van der Waals surface area contributed by atoms with Crippen molar-refractivity contribution in [3.8, 4) is 0 Å². The topological polar surface area (TPSA) is 85.6 Å². The predicted molar refractivity (Wildman–Crippen MR) is 102 cm³/mol. The quantitative estimate of drug-likeness (QED) is 0.405. The molecule has 0 radical (unpaired) electrons. The Balaban J connectivity index is 1.72. The lowest BCUT2D eigenvalue weighted by molar-refractivity contribution is 0.0499. The van der Waals surface area contributed by atoms with E-state index in [1.807, 2.05) is 6.92 Å². The van der Waals surface area contributed by atoms with Gasteiger partial charge in [0.15, 0.2) is 0 Å². The largest absolute Gasteiger partial charge is 0.462 e. The van der Waals surface area contributed by atoms with Crippen LogP contribution in [0.1, 0.15) is 40.5 Å². The number of anilines is 1. The number of rotatable bonds is 6. The lowest BCUT2D eigenvalue weighted by atomic mass is 10.1. The zero-order valence-electron chi connectivity index (χ0n) is 14.9. The summed E-state index contributed by atoms with van der Waals surface area (Å²) < 4.78 is 10.3. The normalized spacial score (nSPS) is 10.6. The first kappa shape index (κ1) is 18.4. The van der Waals surface area contributed by atoms with Crippen molar-refractivity contribution in [2.45, 2.75) is 19.8 Å². The smallest absolute Gasteiger partial charge is 0.349 e. The lowest BCUT2D eigenvalue weighted by Gasteiger charge is -2.07. The molecule has 0 bridgehead atoms. The average molecular weight is 365 g/mol. The summed E-state index contributed by atoms with van der Waals surface area (Å²) >= 11 is 0. The van der Waals surface area contributed by atoms with Gasteiger partial charge in [-0.1, -0.05) is 31.5 Å². The molecule has 1 aromatic heterocycles. The number of esters is 1. The van der Waals surface area contributed by atoms with Crippen LogP contribution in [0.4, 0.5) is 5.69 Å². The van der Waals surface area contributed by atoms with E-state index in [9.17, 15) is 14.4 Å². The molecule has 0 atom stereocenters. The van der Waals surface area contributed by atoms with Gasteiger partial charge in [0.25, 0.3) is 5.91 Å². The van der Waals surface area contributed by atoms with Crippen LogP contribution in [0.5, 0.6) is 0 Å². The Bertz CT molecular complexity index is 1020. The van der Waals surface area contributed by atoms with Crippen LogP contribution in [0.15, 0.2) is 63.8 Å². The molecular weight excluding hydrogens is 346 g/mol. The van der Waals surface area contributed by atoms with Gasteiger partial charge in [-0.2, -0.15) is 0 Å². The minimum Gasteiger partial charge on any atom is -0.462 e. The molecule has 0 fully saturated rings. The summed E-state index contributed by atoms with van der Waals surface area (Å²) in [6, 6.07) is 14.7. The van der Waals surface area contributed by atoms with Gasteiger partial charge in [-0.3, -0.25) is 4.79 Å². The number of fused-ring (bicyclic) bond motifs is 1. The number of carbonyl (C=O) groups excluding carboxylic acids is 2. The third kappa shape index (κ3) is 4.41. The Hall–Kier alpha value is -3.41. The number of unbranched alkanes of at least 4 members (excludes halogenated alkanes) is 1. The summed E-state index contributed by atoms with van der Waals surface area (Å²) in [5.41, 5.74) is 0.482. The van der Waals surface area contributed by atoms with Crippen molar-refractivity contribution < 1.29 is 18.7 Å². The summed E-state index contributed by atoms with van der Waals surface area (Å²) in [6.07, 6.45) is 1.76. The van der Waals surface area contributed by atoms with Crippen molar-refractivity contribution in [1.29, 1.82) is 0 Å². The van der Waals surface area contributed by atoms with Crippen molar-refractivity contribution in [2.24, 2.45) is 0 Å². The van der Waals surface area contributed by atoms with Crippen molar-refractivity contribution in [3.63, 3.8) is 0 Å². The minimum atomic E-state index is -0.706. The fourth-order valence-electron chi connectivity index (χ4n) is 2.50. The lowest BCUT2D eigenvalue weighted by Crippen LogP contribution is -2.20. The zero-order valence-corrected chi connectivity index (χ0v) is 14.9. The van der Waals surface area contributed by atoms with Crippen molar-refractivity contribution in [3.05, 3.63) is 76.1 Å². The maximum Gasteiger partial charge on any atom is 0.349 e.